The molecule has 0 saturated carbocycles. The van der Waals surface area contributed by atoms with E-state index in [0.717, 1.165) is 21.9 Å². The van der Waals surface area contributed by atoms with Gasteiger partial charge in [0.05, 0.1) is 15.4 Å². The molecule has 0 aliphatic heterocycles. The van der Waals surface area contributed by atoms with Gasteiger partial charge in [-0.3, -0.25) is 0 Å². The number of hydrogen-bond acceptors (Lipinski definition) is 1. The highest BCUT2D eigenvalue weighted by Crippen LogP contribution is 2.40. The van der Waals surface area contributed by atoms with Crippen LogP contribution < -0.4 is 0 Å². The van der Waals surface area contributed by atoms with E-state index in [4.69, 9.17) is 4.98 Å². The van der Waals surface area contributed by atoms with Gasteiger partial charge < -0.3 is 4.57 Å². The van der Waals surface area contributed by atoms with Crippen LogP contribution in [0.25, 0.3) is 0 Å². The molecular formula is C26H22Br2N2. The molecule has 0 spiro atoms. The lowest BCUT2D eigenvalue weighted by molar-refractivity contribution is 0.514. The Bertz CT molecular complexity index is 1000. The Labute approximate surface area is 194 Å². The van der Waals surface area contributed by atoms with E-state index in [1.165, 1.54) is 16.7 Å². The minimum Gasteiger partial charge on any atom is -0.319 e. The van der Waals surface area contributed by atoms with Gasteiger partial charge in [-0.15, -0.1) is 0 Å². The number of benzene rings is 3. The van der Waals surface area contributed by atoms with Crippen molar-refractivity contribution in [2.45, 2.75) is 18.4 Å². The monoisotopic (exact) mass is 520 g/mol. The Balaban J connectivity index is 1.92. The van der Waals surface area contributed by atoms with Crippen molar-refractivity contribution in [2.75, 3.05) is 0 Å². The maximum Gasteiger partial charge on any atom is 0.121 e. The number of rotatable bonds is 7. The van der Waals surface area contributed by atoms with E-state index < -0.39 is 5.54 Å². The van der Waals surface area contributed by atoms with E-state index >= 15 is 0 Å². The molecule has 0 amide bonds. The molecule has 2 nitrogen and oxygen atoms in total. The van der Waals surface area contributed by atoms with Crippen LogP contribution in [0.15, 0.2) is 113 Å². The number of hydrogen-bond donors (Lipinski definition) is 0. The number of imidazole rings is 1. The molecular weight excluding hydrogens is 500 g/mol. The Kier molecular flexibility index (Phi) is 6.66. The molecule has 4 heteroatoms. The zero-order valence-electron chi connectivity index (χ0n) is 16.5. The van der Waals surface area contributed by atoms with Gasteiger partial charge in [0.15, 0.2) is 0 Å². The molecule has 0 fully saturated rings. The molecule has 1 aromatic heterocycles. The summed E-state index contributed by atoms with van der Waals surface area (Å²) in [6.07, 6.45) is 8.05. The van der Waals surface area contributed by atoms with Gasteiger partial charge in [-0.25, -0.2) is 4.98 Å². The molecule has 3 aromatic carbocycles. The first-order chi connectivity index (χ1) is 14.7. The molecule has 0 bridgehead atoms. The third-order valence-corrected chi connectivity index (χ3v) is 5.94. The normalized spacial score (nSPS) is 11.3. The van der Waals surface area contributed by atoms with Gasteiger partial charge in [-0.1, -0.05) is 97.1 Å². The van der Waals surface area contributed by atoms with E-state index in [0.29, 0.717) is 0 Å². The number of aryl methyl sites for hydroxylation is 1. The fraction of sp³-hybridized carbons (Fsp3) is 0.115. The van der Waals surface area contributed by atoms with Crippen LogP contribution in [-0.2, 0) is 12.0 Å². The average Bonchev–Trinajstić information content (AvgIpc) is 3.25. The number of nitrogens with zero attached hydrogens (tertiary/aromatic N) is 2. The van der Waals surface area contributed by atoms with Crippen LogP contribution in [0, 0.1) is 0 Å². The predicted molar refractivity (Wildman–Crippen MR) is 131 cm³/mol. The summed E-state index contributed by atoms with van der Waals surface area (Å²) in [6.45, 7) is 0. The Hall–Kier alpha value is -2.43. The minimum absolute atomic E-state index is 0.499. The molecule has 30 heavy (non-hydrogen) atoms. The highest BCUT2D eigenvalue weighted by atomic mass is 79.9. The standard InChI is InChI=1S/C26H22Br2N2/c27-25(28)18-10-17-24-19-30(20-29-24)26(21-11-4-1-5-12-21,22-13-6-2-7-14-22)23-15-8-3-9-16-23/h1-9,11-16,18-20H,10,17H2. The van der Waals surface area contributed by atoms with E-state index in [1.54, 1.807) is 0 Å². The number of aromatic nitrogens is 2. The highest BCUT2D eigenvalue weighted by molar-refractivity contribution is 9.28. The zero-order chi connectivity index (χ0) is 20.8. The largest absolute Gasteiger partial charge is 0.319 e. The fourth-order valence-electron chi connectivity index (χ4n) is 3.99. The Morgan fingerprint density at radius 3 is 1.67 bits per heavy atom. The quantitative estimate of drug-likeness (QED) is 0.233. The van der Waals surface area contributed by atoms with Crippen molar-refractivity contribution >= 4 is 31.9 Å². The number of allylic oxidation sites excluding steroid dienone is 1. The maximum atomic E-state index is 4.76. The molecule has 150 valence electrons. The van der Waals surface area contributed by atoms with Gasteiger partial charge in [0.25, 0.3) is 0 Å². The van der Waals surface area contributed by atoms with E-state index in [1.807, 2.05) is 6.33 Å². The number of halogens is 2. The van der Waals surface area contributed by atoms with Gasteiger partial charge >= 0.3 is 0 Å². The molecule has 0 atom stereocenters. The molecule has 0 aliphatic carbocycles. The van der Waals surface area contributed by atoms with Crippen LogP contribution in [0.1, 0.15) is 28.8 Å². The van der Waals surface area contributed by atoms with Gasteiger partial charge in [0.1, 0.15) is 5.54 Å². The first kappa shape index (κ1) is 20.8. The average molecular weight is 522 g/mol. The van der Waals surface area contributed by atoms with Crippen molar-refractivity contribution in [2.24, 2.45) is 0 Å². The highest BCUT2D eigenvalue weighted by Gasteiger charge is 2.38. The van der Waals surface area contributed by atoms with E-state index in [-0.39, 0.29) is 0 Å². The second-order valence-electron chi connectivity index (χ2n) is 7.11. The maximum absolute atomic E-state index is 4.76. The van der Waals surface area contributed by atoms with Crippen LogP contribution >= 0.6 is 31.9 Å². The molecule has 0 unspecified atom stereocenters. The van der Waals surface area contributed by atoms with Gasteiger partial charge in [0.2, 0.25) is 0 Å². The van der Waals surface area contributed by atoms with Crippen molar-refractivity contribution in [1.29, 1.82) is 0 Å². The topological polar surface area (TPSA) is 17.8 Å². The lowest BCUT2D eigenvalue weighted by atomic mass is 9.77. The summed E-state index contributed by atoms with van der Waals surface area (Å²) in [5.41, 5.74) is 4.18. The molecule has 4 rings (SSSR count). The van der Waals surface area contributed by atoms with Crippen LogP contribution in [0.4, 0.5) is 0 Å². The predicted octanol–water partition coefficient (Wildman–Crippen LogP) is 7.29. The van der Waals surface area contributed by atoms with Crippen LogP contribution in [-0.4, -0.2) is 9.55 Å². The summed E-state index contributed by atoms with van der Waals surface area (Å²) in [5, 5.41) is 0. The first-order valence-electron chi connectivity index (χ1n) is 9.92. The Morgan fingerprint density at radius 1 is 0.767 bits per heavy atom. The molecule has 4 aromatic rings. The summed E-state index contributed by atoms with van der Waals surface area (Å²) in [4.78, 5) is 4.76. The second-order valence-corrected chi connectivity index (χ2v) is 9.89. The smallest absolute Gasteiger partial charge is 0.121 e. The van der Waals surface area contributed by atoms with Crippen molar-refractivity contribution in [1.82, 2.24) is 9.55 Å². The lowest BCUT2D eigenvalue weighted by Gasteiger charge is -2.37. The lowest BCUT2D eigenvalue weighted by Crippen LogP contribution is -2.36. The van der Waals surface area contributed by atoms with Crippen molar-refractivity contribution < 1.29 is 0 Å². The van der Waals surface area contributed by atoms with Crippen LogP contribution in [0.2, 0.25) is 0 Å². The summed E-state index contributed by atoms with van der Waals surface area (Å²) in [5.74, 6) is 0. The molecule has 1 heterocycles. The van der Waals surface area contributed by atoms with Gasteiger partial charge in [-0.2, -0.15) is 0 Å². The summed E-state index contributed by atoms with van der Waals surface area (Å²) in [7, 11) is 0. The van der Waals surface area contributed by atoms with Crippen molar-refractivity contribution in [3.8, 4) is 0 Å². The summed E-state index contributed by atoms with van der Waals surface area (Å²) >= 11 is 6.86. The van der Waals surface area contributed by atoms with Crippen LogP contribution in [0.5, 0.6) is 0 Å². The summed E-state index contributed by atoms with van der Waals surface area (Å²) in [6, 6.07) is 32.0. The fourth-order valence-corrected chi connectivity index (χ4v) is 4.45. The summed E-state index contributed by atoms with van der Waals surface area (Å²) < 4.78 is 3.23. The van der Waals surface area contributed by atoms with E-state index in [9.17, 15) is 0 Å². The minimum atomic E-state index is -0.499. The molecule has 0 aliphatic rings. The SMILES string of the molecule is BrC(Br)=CCCc1cn(C(c2ccccc2)(c2ccccc2)c2ccccc2)cn1. The Morgan fingerprint density at radius 2 is 1.23 bits per heavy atom. The molecule has 0 radical (unpaired) electrons. The third-order valence-electron chi connectivity index (χ3n) is 5.30. The first-order valence-corrected chi connectivity index (χ1v) is 11.5. The van der Waals surface area contributed by atoms with Crippen molar-refractivity contribution in [3.63, 3.8) is 0 Å². The van der Waals surface area contributed by atoms with Gasteiger partial charge in [0, 0.05) is 6.20 Å². The third kappa shape index (κ3) is 4.21. The zero-order valence-corrected chi connectivity index (χ0v) is 19.6. The second kappa shape index (κ2) is 9.59. The van der Waals surface area contributed by atoms with Gasteiger partial charge in [-0.05, 0) is 61.4 Å². The molecule has 0 saturated heterocycles. The molecule has 0 N–H and O–H groups in total. The van der Waals surface area contributed by atoms with Crippen molar-refractivity contribution in [3.05, 3.63) is 135 Å². The van der Waals surface area contributed by atoms with E-state index in [2.05, 4.69) is 140 Å². The van der Waals surface area contributed by atoms with Crippen LogP contribution in [0.3, 0.4) is 0 Å².